The van der Waals surface area contributed by atoms with E-state index in [-0.39, 0.29) is 0 Å². The number of thiazole rings is 1. The highest BCUT2D eigenvalue weighted by molar-refractivity contribution is 7.09. The third-order valence-electron chi connectivity index (χ3n) is 3.69. The first-order chi connectivity index (χ1) is 7.83. The van der Waals surface area contributed by atoms with Crippen LogP contribution in [-0.2, 0) is 6.54 Å². The molecule has 0 spiro atoms. The van der Waals surface area contributed by atoms with Crippen LogP contribution in [0.15, 0.2) is 5.51 Å². The summed E-state index contributed by atoms with van der Waals surface area (Å²) in [4.78, 5) is 8.35. The van der Waals surface area contributed by atoms with Crippen LogP contribution >= 0.6 is 11.3 Å². The van der Waals surface area contributed by atoms with Crippen molar-refractivity contribution in [3.05, 3.63) is 16.1 Å². The van der Waals surface area contributed by atoms with Gasteiger partial charge in [-0.3, -0.25) is 4.90 Å². The van der Waals surface area contributed by atoms with Crippen LogP contribution in [-0.4, -0.2) is 35.6 Å². The van der Waals surface area contributed by atoms with Crippen LogP contribution in [0.25, 0.3) is 0 Å². The second-order valence-electron chi connectivity index (χ2n) is 4.99. The molecule has 1 aromatic heterocycles. The Morgan fingerprint density at radius 3 is 3.12 bits per heavy atom. The van der Waals surface area contributed by atoms with Crippen LogP contribution in [0.3, 0.4) is 0 Å². The summed E-state index contributed by atoms with van der Waals surface area (Å²) in [6.07, 6.45) is 2.87. The number of aromatic nitrogens is 1. The van der Waals surface area contributed by atoms with Gasteiger partial charge in [0, 0.05) is 37.1 Å². The van der Waals surface area contributed by atoms with Gasteiger partial charge in [-0.1, -0.05) is 0 Å². The van der Waals surface area contributed by atoms with Crippen molar-refractivity contribution in [2.24, 2.45) is 5.92 Å². The van der Waals surface area contributed by atoms with Gasteiger partial charge in [0.05, 0.1) is 11.2 Å². The molecule has 16 heavy (non-hydrogen) atoms. The Balaban J connectivity index is 1.60. The molecule has 2 heterocycles. The molecule has 1 saturated heterocycles. The lowest BCUT2D eigenvalue weighted by Crippen LogP contribution is -2.51. The van der Waals surface area contributed by atoms with E-state index < -0.39 is 0 Å². The zero-order valence-electron chi connectivity index (χ0n) is 9.78. The van der Waals surface area contributed by atoms with E-state index in [0.717, 1.165) is 25.0 Å². The molecule has 0 aromatic carbocycles. The lowest BCUT2D eigenvalue weighted by molar-refractivity contribution is 0.182. The van der Waals surface area contributed by atoms with Crippen LogP contribution < -0.4 is 5.32 Å². The molecule has 2 aliphatic rings. The molecule has 3 rings (SSSR count). The summed E-state index contributed by atoms with van der Waals surface area (Å²) >= 11 is 1.80. The number of rotatable bonds is 3. The third kappa shape index (κ3) is 2.29. The van der Waals surface area contributed by atoms with E-state index in [0.29, 0.717) is 0 Å². The van der Waals surface area contributed by atoms with Gasteiger partial charge in [0.2, 0.25) is 0 Å². The number of hydrogen-bond donors (Lipinski definition) is 1. The van der Waals surface area contributed by atoms with Crippen molar-refractivity contribution < 1.29 is 0 Å². The zero-order valence-corrected chi connectivity index (χ0v) is 10.6. The fourth-order valence-electron chi connectivity index (χ4n) is 2.48. The van der Waals surface area contributed by atoms with Gasteiger partial charge < -0.3 is 5.32 Å². The van der Waals surface area contributed by atoms with Gasteiger partial charge in [-0.25, -0.2) is 4.98 Å². The van der Waals surface area contributed by atoms with Gasteiger partial charge in [-0.05, 0) is 25.7 Å². The first-order valence-corrected chi connectivity index (χ1v) is 7.05. The Morgan fingerprint density at radius 1 is 1.56 bits per heavy atom. The van der Waals surface area contributed by atoms with Crippen LogP contribution in [0.4, 0.5) is 0 Å². The molecule has 3 nitrogen and oxygen atoms in total. The molecule has 1 N–H and O–H groups in total. The maximum absolute atomic E-state index is 4.32. The number of piperazine rings is 1. The van der Waals surface area contributed by atoms with Crippen molar-refractivity contribution >= 4 is 11.3 Å². The van der Waals surface area contributed by atoms with Crippen molar-refractivity contribution in [1.82, 2.24) is 15.2 Å². The third-order valence-corrected chi connectivity index (χ3v) is 4.61. The lowest BCUT2D eigenvalue weighted by atomic mass is 10.1. The largest absolute Gasteiger partial charge is 0.311 e. The van der Waals surface area contributed by atoms with Crippen LogP contribution in [0.2, 0.25) is 0 Å². The van der Waals surface area contributed by atoms with Crippen molar-refractivity contribution in [1.29, 1.82) is 0 Å². The van der Waals surface area contributed by atoms with E-state index in [1.807, 2.05) is 5.51 Å². The van der Waals surface area contributed by atoms with Crippen LogP contribution in [0.1, 0.15) is 23.4 Å². The number of nitrogens with one attached hydrogen (secondary N) is 1. The molecule has 2 fully saturated rings. The summed E-state index contributed by atoms with van der Waals surface area (Å²) in [6.45, 7) is 6.77. The van der Waals surface area contributed by atoms with E-state index in [1.54, 1.807) is 11.3 Å². The Labute approximate surface area is 101 Å². The number of nitrogens with zero attached hydrogens (tertiary/aromatic N) is 2. The molecule has 1 aliphatic heterocycles. The van der Waals surface area contributed by atoms with Gasteiger partial charge in [-0.2, -0.15) is 0 Å². The molecule has 88 valence electrons. The molecule has 0 bridgehead atoms. The maximum Gasteiger partial charge on any atom is 0.0798 e. The van der Waals surface area contributed by atoms with Crippen molar-refractivity contribution in [3.8, 4) is 0 Å². The van der Waals surface area contributed by atoms with E-state index in [9.17, 15) is 0 Å². The Hall–Kier alpha value is -0.450. The fraction of sp³-hybridized carbons (Fsp3) is 0.750. The van der Waals surface area contributed by atoms with Crippen LogP contribution in [0.5, 0.6) is 0 Å². The Bertz CT molecular complexity index is 359. The first-order valence-electron chi connectivity index (χ1n) is 6.17. The minimum absolute atomic E-state index is 0.752. The molecule has 1 unspecified atom stereocenters. The quantitative estimate of drug-likeness (QED) is 0.866. The number of hydrogen-bond acceptors (Lipinski definition) is 4. The van der Waals surface area contributed by atoms with Gasteiger partial charge in [-0.15, -0.1) is 11.3 Å². The average molecular weight is 237 g/mol. The highest BCUT2D eigenvalue weighted by Gasteiger charge is 2.33. The second kappa shape index (κ2) is 4.43. The Morgan fingerprint density at radius 2 is 2.44 bits per heavy atom. The summed E-state index contributed by atoms with van der Waals surface area (Å²) in [5, 5.41) is 3.65. The average Bonchev–Trinajstić information content (AvgIpc) is 3.06. The summed E-state index contributed by atoms with van der Waals surface area (Å²) in [5.41, 5.74) is 3.18. The van der Waals surface area contributed by atoms with E-state index in [4.69, 9.17) is 0 Å². The number of aryl methyl sites for hydroxylation is 1. The minimum Gasteiger partial charge on any atom is -0.311 e. The SMILES string of the molecule is Cc1ncsc1CN1CCNC(C2CC2)C1. The van der Waals surface area contributed by atoms with Crippen molar-refractivity contribution in [2.45, 2.75) is 32.4 Å². The van der Waals surface area contributed by atoms with E-state index in [1.165, 1.54) is 36.5 Å². The molecule has 0 radical (unpaired) electrons. The highest BCUT2D eigenvalue weighted by atomic mass is 32.1. The predicted octanol–water partition coefficient (Wildman–Crippen LogP) is 1.64. The molecular weight excluding hydrogens is 218 g/mol. The molecule has 1 atom stereocenters. The van der Waals surface area contributed by atoms with Gasteiger partial charge in [0.25, 0.3) is 0 Å². The summed E-state index contributed by atoms with van der Waals surface area (Å²) in [7, 11) is 0. The maximum atomic E-state index is 4.32. The van der Waals surface area contributed by atoms with Gasteiger partial charge >= 0.3 is 0 Å². The Kier molecular flexibility index (Phi) is 2.96. The molecular formula is C12H19N3S. The second-order valence-corrected chi connectivity index (χ2v) is 5.93. The summed E-state index contributed by atoms with van der Waals surface area (Å²) in [5.74, 6) is 0.963. The molecule has 1 aliphatic carbocycles. The standard InChI is InChI=1S/C12H19N3S/c1-9-12(16-8-14-9)7-15-5-4-13-11(6-15)10-2-3-10/h8,10-11,13H,2-7H2,1H3. The summed E-state index contributed by atoms with van der Waals surface area (Å²) in [6, 6.07) is 0.752. The smallest absolute Gasteiger partial charge is 0.0798 e. The van der Waals surface area contributed by atoms with Gasteiger partial charge in [0.15, 0.2) is 0 Å². The fourth-order valence-corrected chi connectivity index (χ4v) is 3.30. The van der Waals surface area contributed by atoms with Crippen molar-refractivity contribution in [3.63, 3.8) is 0 Å². The first kappa shape index (κ1) is 10.7. The molecule has 1 aromatic rings. The molecule has 0 amide bonds. The lowest BCUT2D eigenvalue weighted by Gasteiger charge is -2.33. The van der Waals surface area contributed by atoms with Gasteiger partial charge in [0.1, 0.15) is 0 Å². The normalized spacial score (nSPS) is 27.2. The molecule has 1 saturated carbocycles. The minimum atomic E-state index is 0.752. The zero-order chi connectivity index (χ0) is 11.0. The van der Waals surface area contributed by atoms with Crippen molar-refractivity contribution in [2.75, 3.05) is 19.6 Å². The summed E-state index contributed by atoms with van der Waals surface area (Å²) < 4.78 is 0. The topological polar surface area (TPSA) is 28.2 Å². The monoisotopic (exact) mass is 237 g/mol. The van der Waals surface area contributed by atoms with E-state index in [2.05, 4.69) is 22.1 Å². The van der Waals surface area contributed by atoms with E-state index >= 15 is 0 Å². The molecule has 4 heteroatoms. The predicted molar refractivity (Wildman–Crippen MR) is 66.6 cm³/mol. The highest BCUT2D eigenvalue weighted by Crippen LogP contribution is 2.33. The van der Waals surface area contributed by atoms with Crippen LogP contribution in [0, 0.1) is 12.8 Å².